The molecule has 31 heavy (non-hydrogen) atoms. The lowest BCUT2D eigenvalue weighted by molar-refractivity contribution is 0.00494. The molecule has 1 atom stereocenters. The SMILES string of the molecule is C\C=C(C(/C(C)=N/C=C/CC)=C(/C)N1CCN(C(=O)OC(C)(C)C)C(C)C1)\C(C)(C)C. The summed E-state index contributed by atoms with van der Waals surface area (Å²) < 4.78 is 5.60. The molecule has 0 aromatic heterocycles. The maximum Gasteiger partial charge on any atom is 0.410 e. The first-order chi connectivity index (χ1) is 14.2. The molecule has 5 nitrogen and oxygen atoms in total. The number of hydrogen-bond donors (Lipinski definition) is 0. The van der Waals surface area contributed by atoms with Crippen LogP contribution in [0.3, 0.4) is 0 Å². The fraction of sp³-hybridized carbons (Fsp3) is 0.692. The van der Waals surface area contributed by atoms with Crippen LogP contribution in [0.5, 0.6) is 0 Å². The zero-order valence-electron chi connectivity index (χ0n) is 21.8. The van der Waals surface area contributed by atoms with Crippen molar-refractivity contribution >= 4 is 11.8 Å². The van der Waals surface area contributed by atoms with E-state index in [-0.39, 0.29) is 17.6 Å². The average Bonchev–Trinajstić information content (AvgIpc) is 2.62. The van der Waals surface area contributed by atoms with Gasteiger partial charge in [-0.2, -0.15) is 0 Å². The van der Waals surface area contributed by atoms with Gasteiger partial charge < -0.3 is 14.5 Å². The van der Waals surface area contributed by atoms with E-state index in [1.807, 2.05) is 31.9 Å². The van der Waals surface area contributed by atoms with Crippen molar-refractivity contribution in [3.8, 4) is 0 Å². The highest BCUT2D eigenvalue weighted by Gasteiger charge is 2.32. The topological polar surface area (TPSA) is 45.1 Å². The Bertz CT molecular complexity index is 746. The molecule has 1 fully saturated rings. The van der Waals surface area contributed by atoms with Gasteiger partial charge in [0.1, 0.15) is 5.60 Å². The molecule has 0 aromatic rings. The number of hydrogen-bond acceptors (Lipinski definition) is 4. The maximum absolute atomic E-state index is 12.6. The summed E-state index contributed by atoms with van der Waals surface area (Å²) in [5, 5.41) is 0. The van der Waals surface area contributed by atoms with Crippen molar-refractivity contribution in [2.75, 3.05) is 19.6 Å². The van der Waals surface area contributed by atoms with Gasteiger partial charge in [0.05, 0.1) is 0 Å². The van der Waals surface area contributed by atoms with Crippen molar-refractivity contribution < 1.29 is 9.53 Å². The fourth-order valence-electron chi connectivity index (χ4n) is 3.95. The van der Waals surface area contributed by atoms with E-state index >= 15 is 0 Å². The molecule has 0 saturated carbocycles. The van der Waals surface area contributed by atoms with Gasteiger partial charge in [-0.25, -0.2) is 4.79 Å². The zero-order chi connectivity index (χ0) is 24.0. The molecule has 1 amide bonds. The Labute approximate surface area is 190 Å². The van der Waals surface area contributed by atoms with Crippen LogP contribution >= 0.6 is 0 Å². The van der Waals surface area contributed by atoms with E-state index in [9.17, 15) is 4.79 Å². The number of rotatable bonds is 5. The summed E-state index contributed by atoms with van der Waals surface area (Å²) >= 11 is 0. The Hall–Kier alpha value is -2.04. The summed E-state index contributed by atoms with van der Waals surface area (Å²) in [6.45, 7) is 25.2. The molecule has 1 unspecified atom stereocenters. The number of carbonyl (C=O) groups excluding carboxylic acids is 1. The molecule has 1 aliphatic heterocycles. The highest BCUT2D eigenvalue weighted by Crippen LogP contribution is 2.35. The van der Waals surface area contributed by atoms with Crippen LogP contribution in [0.25, 0.3) is 0 Å². The molecule has 0 radical (unpaired) electrons. The Balaban J connectivity index is 3.28. The van der Waals surface area contributed by atoms with Crippen LogP contribution in [0.4, 0.5) is 4.79 Å². The molecule has 0 bridgehead atoms. The van der Waals surface area contributed by atoms with Crippen molar-refractivity contribution in [1.82, 2.24) is 9.80 Å². The second-order valence-electron chi connectivity index (χ2n) is 10.4. The third kappa shape index (κ3) is 7.86. The Morgan fingerprint density at radius 1 is 1.13 bits per heavy atom. The molecular weight excluding hydrogens is 386 g/mol. The second kappa shape index (κ2) is 11.0. The monoisotopic (exact) mass is 431 g/mol. The first-order valence-electron chi connectivity index (χ1n) is 11.5. The number of amides is 1. The van der Waals surface area contributed by atoms with Crippen LogP contribution in [-0.2, 0) is 4.74 Å². The van der Waals surface area contributed by atoms with Gasteiger partial charge in [0.25, 0.3) is 0 Å². The molecule has 0 aliphatic carbocycles. The van der Waals surface area contributed by atoms with Gasteiger partial charge in [-0.05, 0) is 65.9 Å². The van der Waals surface area contributed by atoms with Crippen LogP contribution < -0.4 is 0 Å². The van der Waals surface area contributed by atoms with E-state index in [1.54, 1.807) is 0 Å². The molecule has 0 N–H and O–H groups in total. The molecule has 1 aliphatic rings. The Kier molecular flexibility index (Phi) is 9.59. The van der Waals surface area contributed by atoms with E-state index < -0.39 is 5.60 Å². The van der Waals surface area contributed by atoms with E-state index in [2.05, 4.69) is 72.4 Å². The largest absolute Gasteiger partial charge is 0.444 e. The minimum Gasteiger partial charge on any atom is -0.444 e. The van der Waals surface area contributed by atoms with Crippen molar-refractivity contribution in [3.63, 3.8) is 0 Å². The van der Waals surface area contributed by atoms with Crippen LogP contribution in [0, 0.1) is 5.41 Å². The lowest BCUT2D eigenvalue weighted by atomic mass is 9.79. The second-order valence-corrected chi connectivity index (χ2v) is 10.4. The van der Waals surface area contributed by atoms with Crippen molar-refractivity contribution in [2.45, 2.75) is 94.2 Å². The lowest BCUT2D eigenvalue weighted by Gasteiger charge is -2.42. The molecule has 5 heteroatoms. The third-order valence-electron chi connectivity index (χ3n) is 5.43. The van der Waals surface area contributed by atoms with Crippen LogP contribution in [0.2, 0.25) is 0 Å². The summed E-state index contributed by atoms with van der Waals surface area (Å²) in [7, 11) is 0. The molecule has 0 spiro atoms. The zero-order valence-corrected chi connectivity index (χ0v) is 21.8. The molecule has 1 heterocycles. The van der Waals surface area contributed by atoms with Crippen LogP contribution in [-0.4, -0.2) is 52.9 Å². The first kappa shape index (κ1) is 27.0. The van der Waals surface area contributed by atoms with Gasteiger partial charge >= 0.3 is 6.09 Å². The number of ether oxygens (including phenoxy) is 1. The number of nitrogens with zero attached hydrogens (tertiary/aromatic N) is 3. The normalized spacial score (nSPS) is 20.3. The van der Waals surface area contributed by atoms with E-state index in [4.69, 9.17) is 9.73 Å². The maximum atomic E-state index is 12.6. The predicted octanol–water partition coefficient (Wildman–Crippen LogP) is 6.58. The molecule has 1 rings (SSSR count). The molecule has 1 saturated heterocycles. The highest BCUT2D eigenvalue weighted by atomic mass is 16.6. The number of piperazine rings is 1. The van der Waals surface area contributed by atoms with Crippen LogP contribution in [0.15, 0.2) is 40.2 Å². The van der Waals surface area contributed by atoms with E-state index in [0.29, 0.717) is 6.54 Å². The minimum atomic E-state index is -0.482. The van der Waals surface area contributed by atoms with Crippen LogP contribution in [0.1, 0.15) is 82.6 Å². The lowest BCUT2D eigenvalue weighted by Crippen LogP contribution is -2.54. The fourth-order valence-corrected chi connectivity index (χ4v) is 3.95. The minimum absolute atomic E-state index is 0.000542. The average molecular weight is 432 g/mol. The smallest absolute Gasteiger partial charge is 0.410 e. The summed E-state index contributed by atoms with van der Waals surface area (Å²) in [6.07, 6.45) is 6.93. The summed E-state index contributed by atoms with van der Waals surface area (Å²) in [5.74, 6) is 0. The highest BCUT2D eigenvalue weighted by molar-refractivity contribution is 6.03. The standard InChI is InChI=1S/C26H45N3O2/c1-12-14-15-27-20(4)23(22(13-2)25(6,7)8)21(5)28-16-17-29(19(3)18-28)24(30)31-26(9,10)11/h13-15,19H,12,16-18H2,1-11H3/b15-14+,22-13+,23-21-,27-20+. The Morgan fingerprint density at radius 3 is 2.19 bits per heavy atom. The van der Waals surface area contributed by atoms with E-state index in [1.165, 1.54) is 16.8 Å². The van der Waals surface area contributed by atoms with Gasteiger partial charge in [-0.3, -0.25) is 4.99 Å². The van der Waals surface area contributed by atoms with Gasteiger partial charge in [0.2, 0.25) is 0 Å². The van der Waals surface area contributed by atoms with Crippen molar-refractivity contribution in [2.24, 2.45) is 10.4 Å². The predicted molar refractivity (Wildman–Crippen MR) is 132 cm³/mol. The Morgan fingerprint density at radius 2 is 1.74 bits per heavy atom. The molecular formula is C26H45N3O2. The summed E-state index contributed by atoms with van der Waals surface area (Å²) in [4.78, 5) is 21.6. The van der Waals surface area contributed by atoms with E-state index in [0.717, 1.165) is 25.2 Å². The summed E-state index contributed by atoms with van der Waals surface area (Å²) in [6, 6.07) is 0.0701. The van der Waals surface area contributed by atoms with Gasteiger partial charge in [-0.15, -0.1) is 0 Å². The summed E-state index contributed by atoms with van der Waals surface area (Å²) in [5.41, 5.74) is 4.24. The third-order valence-corrected chi connectivity index (χ3v) is 5.43. The quantitative estimate of drug-likeness (QED) is 0.365. The van der Waals surface area contributed by atoms with Gasteiger partial charge in [-0.1, -0.05) is 39.8 Å². The van der Waals surface area contributed by atoms with Gasteiger partial charge in [0, 0.05) is 48.9 Å². The molecule has 176 valence electrons. The van der Waals surface area contributed by atoms with Gasteiger partial charge in [0.15, 0.2) is 0 Å². The molecule has 0 aromatic carbocycles. The van der Waals surface area contributed by atoms with Crippen molar-refractivity contribution in [1.29, 1.82) is 0 Å². The number of aliphatic imine (C=N–C) groups is 1. The van der Waals surface area contributed by atoms with Crippen molar-refractivity contribution in [3.05, 3.63) is 35.2 Å². The first-order valence-corrected chi connectivity index (χ1v) is 11.5. The number of allylic oxidation sites excluding steroid dienone is 5. The number of carbonyl (C=O) groups is 1.